The number of hydrogen-bond donors (Lipinski definition) is 1. The van der Waals surface area contributed by atoms with Crippen LogP contribution >= 0.6 is 0 Å². The second kappa shape index (κ2) is 6.10. The second-order valence-corrected chi connectivity index (χ2v) is 7.14. The standard InChI is InChI=1S/C19H30N2/c1-4-17-13-20-19(3,16-11-12-16)14-21(17)18(5-2)15-9-7-6-8-10-15/h6-10,16-18,20H,4-5,11-14H2,1-3H3. The van der Waals surface area contributed by atoms with Crippen molar-refractivity contribution in [2.24, 2.45) is 5.92 Å². The molecule has 1 N–H and O–H groups in total. The molecule has 2 aliphatic rings. The zero-order chi connectivity index (χ0) is 14.9. The lowest BCUT2D eigenvalue weighted by molar-refractivity contribution is 0.0342. The minimum Gasteiger partial charge on any atom is -0.308 e. The summed E-state index contributed by atoms with van der Waals surface area (Å²) in [5.41, 5.74) is 1.81. The number of nitrogens with one attached hydrogen (secondary N) is 1. The van der Waals surface area contributed by atoms with Gasteiger partial charge in [-0.1, -0.05) is 44.2 Å². The molecule has 0 spiro atoms. The molecule has 1 saturated carbocycles. The molecule has 2 heteroatoms. The zero-order valence-corrected chi connectivity index (χ0v) is 13.8. The first-order chi connectivity index (χ1) is 10.2. The summed E-state index contributed by atoms with van der Waals surface area (Å²) in [4.78, 5) is 2.80. The highest BCUT2D eigenvalue weighted by molar-refractivity contribution is 5.20. The van der Waals surface area contributed by atoms with Gasteiger partial charge in [-0.25, -0.2) is 0 Å². The van der Waals surface area contributed by atoms with E-state index in [1.54, 1.807) is 0 Å². The van der Waals surface area contributed by atoms with Gasteiger partial charge in [0.25, 0.3) is 0 Å². The minimum atomic E-state index is 0.327. The van der Waals surface area contributed by atoms with Gasteiger partial charge in [0.05, 0.1) is 0 Å². The van der Waals surface area contributed by atoms with Crippen molar-refractivity contribution in [3.8, 4) is 0 Å². The van der Waals surface area contributed by atoms with Crippen molar-refractivity contribution in [2.75, 3.05) is 13.1 Å². The van der Waals surface area contributed by atoms with E-state index in [2.05, 4.69) is 61.3 Å². The van der Waals surface area contributed by atoms with Crippen LogP contribution in [0.1, 0.15) is 58.1 Å². The SMILES string of the molecule is CCC1CNC(C)(C2CC2)CN1C(CC)c1ccccc1. The van der Waals surface area contributed by atoms with E-state index in [1.165, 1.54) is 37.8 Å². The fraction of sp³-hybridized carbons (Fsp3) is 0.684. The largest absolute Gasteiger partial charge is 0.308 e. The van der Waals surface area contributed by atoms with E-state index >= 15 is 0 Å². The minimum absolute atomic E-state index is 0.327. The number of rotatable bonds is 5. The number of piperazine rings is 1. The molecule has 1 aliphatic carbocycles. The van der Waals surface area contributed by atoms with Crippen molar-refractivity contribution in [1.29, 1.82) is 0 Å². The lowest BCUT2D eigenvalue weighted by Crippen LogP contribution is -2.64. The van der Waals surface area contributed by atoms with Crippen molar-refractivity contribution in [1.82, 2.24) is 10.2 Å². The average Bonchev–Trinajstić information content (AvgIpc) is 3.35. The van der Waals surface area contributed by atoms with E-state index in [-0.39, 0.29) is 0 Å². The highest BCUT2D eigenvalue weighted by atomic mass is 15.3. The Morgan fingerprint density at radius 1 is 1.24 bits per heavy atom. The van der Waals surface area contributed by atoms with Crippen molar-refractivity contribution in [3.05, 3.63) is 35.9 Å². The fourth-order valence-electron chi connectivity index (χ4n) is 4.11. The van der Waals surface area contributed by atoms with Crippen LogP contribution in [0.4, 0.5) is 0 Å². The maximum absolute atomic E-state index is 3.88. The van der Waals surface area contributed by atoms with Gasteiger partial charge in [0.1, 0.15) is 0 Å². The maximum atomic E-state index is 3.88. The molecule has 21 heavy (non-hydrogen) atoms. The molecule has 0 radical (unpaired) electrons. The first kappa shape index (κ1) is 15.1. The zero-order valence-electron chi connectivity index (χ0n) is 13.8. The van der Waals surface area contributed by atoms with Crippen LogP contribution < -0.4 is 5.32 Å². The monoisotopic (exact) mass is 286 g/mol. The molecule has 1 aromatic carbocycles. The Balaban J connectivity index is 1.84. The quantitative estimate of drug-likeness (QED) is 0.880. The molecule has 1 aromatic rings. The first-order valence-electron chi connectivity index (χ1n) is 8.73. The van der Waals surface area contributed by atoms with E-state index in [0.29, 0.717) is 17.6 Å². The van der Waals surface area contributed by atoms with Crippen LogP contribution in [0, 0.1) is 5.92 Å². The fourth-order valence-corrected chi connectivity index (χ4v) is 4.11. The van der Waals surface area contributed by atoms with Crippen LogP contribution in [-0.4, -0.2) is 29.6 Å². The summed E-state index contributed by atoms with van der Waals surface area (Å²) < 4.78 is 0. The third kappa shape index (κ3) is 3.02. The van der Waals surface area contributed by atoms with E-state index in [4.69, 9.17) is 0 Å². The molecule has 116 valence electrons. The Morgan fingerprint density at radius 3 is 2.52 bits per heavy atom. The smallest absolute Gasteiger partial charge is 0.0349 e. The van der Waals surface area contributed by atoms with E-state index < -0.39 is 0 Å². The lowest BCUT2D eigenvalue weighted by atomic mass is 9.87. The van der Waals surface area contributed by atoms with E-state index in [1.807, 2.05) is 0 Å². The molecule has 3 rings (SSSR count). The van der Waals surface area contributed by atoms with Gasteiger partial charge in [-0.2, -0.15) is 0 Å². The Morgan fingerprint density at radius 2 is 1.95 bits per heavy atom. The highest BCUT2D eigenvalue weighted by Crippen LogP contribution is 2.43. The second-order valence-electron chi connectivity index (χ2n) is 7.14. The summed E-state index contributed by atoms with van der Waals surface area (Å²) in [5, 5.41) is 3.88. The van der Waals surface area contributed by atoms with Gasteiger partial charge in [-0.05, 0) is 44.1 Å². The van der Waals surface area contributed by atoms with Crippen LogP contribution in [-0.2, 0) is 0 Å². The third-order valence-electron chi connectivity index (χ3n) is 5.64. The molecule has 0 bridgehead atoms. The molecule has 0 amide bonds. The topological polar surface area (TPSA) is 15.3 Å². The number of nitrogens with zero attached hydrogens (tertiary/aromatic N) is 1. The molecule has 1 saturated heterocycles. The van der Waals surface area contributed by atoms with Gasteiger partial charge < -0.3 is 5.32 Å². The van der Waals surface area contributed by atoms with Crippen LogP contribution in [0.5, 0.6) is 0 Å². The first-order valence-corrected chi connectivity index (χ1v) is 8.73. The van der Waals surface area contributed by atoms with Crippen molar-refractivity contribution in [2.45, 2.75) is 64.1 Å². The average molecular weight is 286 g/mol. The summed E-state index contributed by atoms with van der Waals surface area (Å²) in [7, 11) is 0. The summed E-state index contributed by atoms with van der Waals surface area (Å²) in [6.07, 6.45) is 5.25. The van der Waals surface area contributed by atoms with Crippen LogP contribution in [0.15, 0.2) is 30.3 Å². The lowest BCUT2D eigenvalue weighted by Gasteiger charge is -2.49. The van der Waals surface area contributed by atoms with Gasteiger partial charge >= 0.3 is 0 Å². The molecule has 1 heterocycles. The maximum Gasteiger partial charge on any atom is 0.0349 e. The van der Waals surface area contributed by atoms with Gasteiger partial charge in [-0.3, -0.25) is 4.90 Å². The predicted octanol–water partition coefficient (Wildman–Crippen LogP) is 3.99. The number of benzene rings is 1. The Hall–Kier alpha value is -0.860. The molecular formula is C19H30N2. The highest BCUT2D eigenvalue weighted by Gasteiger charge is 2.46. The molecule has 1 aliphatic heterocycles. The Labute approximate surface area is 129 Å². The van der Waals surface area contributed by atoms with E-state index in [0.717, 1.165) is 12.5 Å². The Kier molecular flexibility index (Phi) is 4.37. The van der Waals surface area contributed by atoms with Crippen molar-refractivity contribution in [3.63, 3.8) is 0 Å². The van der Waals surface area contributed by atoms with Gasteiger partial charge in [-0.15, -0.1) is 0 Å². The molecular weight excluding hydrogens is 256 g/mol. The van der Waals surface area contributed by atoms with Crippen LogP contribution in [0.25, 0.3) is 0 Å². The summed E-state index contributed by atoms with van der Waals surface area (Å²) >= 11 is 0. The molecule has 0 aromatic heterocycles. The van der Waals surface area contributed by atoms with Crippen molar-refractivity contribution < 1.29 is 0 Å². The number of hydrogen-bond acceptors (Lipinski definition) is 2. The molecule has 2 nitrogen and oxygen atoms in total. The van der Waals surface area contributed by atoms with Crippen LogP contribution in [0.3, 0.4) is 0 Å². The summed E-state index contributed by atoms with van der Waals surface area (Å²) in [6.45, 7) is 9.45. The van der Waals surface area contributed by atoms with Gasteiger partial charge in [0.2, 0.25) is 0 Å². The van der Waals surface area contributed by atoms with E-state index in [9.17, 15) is 0 Å². The molecule has 2 fully saturated rings. The van der Waals surface area contributed by atoms with Crippen LogP contribution in [0.2, 0.25) is 0 Å². The van der Waals surface area contributed by atoms with Gasteiger partial charge in [0.15, 0.2) is 0 Å². The summed E-state index contributed by atoms with van der Waals surface area (Å²) in [6, 6.07) is 12.3. The van der Waals surface area contributed by atoms with Crippen molar-refractivity contribution >= 4 is 0 Å². The normalized spacial score (nSPS) is 32.0. The predicted molar refractivity (Wildman–Crippen MR) is 89.4 cm³/mol. The molecule has 3 unspecified atom stereocenters. The summed E-state index contributed by atoms with van der Waals surface area (Å²) in [5.74, 6) is 0.895. The Bertz CT molecular complexity index is 454. The van der Waals surface area contributed by atoms with Gasteiger partial charge in [0, 0.05) is 30.7 Å². The molecule has 3 atom stereocenters. The third-order valence-corrected chi connectivity index (χ3v) is 5.64.